The van der Waals surface area contributed by atoms with Crippen LogP contribution in [0.4, 0.5) is 0 Å². The zero-order valence-corrected chi connectivity index (χ0v) is 13.1. The molecule has 0 radical (unpaired) electrons. The summed E-state index contributed by atoms with van der Waals surface area (Å²) in [5, 5.41) is 3.71. The Kier molecular flexibility index (Phi) is 6.38. The fourth-order valence-electron chi connectivity index (χ4n) is 2.90. The van der Waals surface area contributed by atoms with Crippen molar-refractivity contribution in [2.45, 2.75) is 64.8 Å². The second-order valence-electron chi connectivity index (χ2n) is 5.82. The maximum atomic E-state index is 5.61. The molecule has 1 N–H and O–H groups in total. The van der Waals surface area contributed by atoms with E-state index in [1.807, 2.05) is 0 Å². The molecule has 20 heavy (non-hydrogen) atoms. The Morgan fingerprint density at radius 3 is 2.85 bits per heavy atom. The van der Waals surface area contributed by atoms with Crippen molar-refractivity contribution in [2.75, 3.05) is 13.2 Å². The molecule has 2 nitrogen and oxygen atoms in total. The van der Waals surface area contributed by atoms with Crippen LogP contribution in [0.2, 0.25) is 0 Å². The molecule has 0 fully saturated rings. The van der Waals surface area contributed by atoms with E-state index in [9.17, 15) is 0 Å². The van der Waals surface area contributed by atoms with E-state index in [-0.39, 0.29) is 0 Å². The van der Waals surface area contributed by atoms with Crippen LogP contribution in [0.5, 0.6) is 5.75 Å². The highest BCUT2D eigenvalue weighted by Crippen LogP contribution is 2.29. The first-order valence-electron chi connectivity index (χ1n) is 8.34. The molecular formula is C18H29NO. The van der Waals surface area contributed by atoms with Crippen LogP contribution in [0.1, 0.15) is 69.5 Å². The number of rotatable bonds is 9. The van der Waals surface area contributed by atoms with Crippen molar-refractivity contribution in [2.24, 2.45) is 0 Å². The number of hydrogen-bond acceptors (Lipinski definition) is 2. The summed E-state index contributed by atoms with van der Waals surface area (Å²) in [4.78, 5) is 0. The molecule has 0 spiro atoms. The summed E-state index contributed by atoms with van der Waals surface area (Å²) >= 11 is 0. The summed E-state index contributed by atoms with van der Waals surface area (Å²) in [7, 11) is 0. The predicted molar refractivity (Wildman–Crippen MR) is 85.4 cm³/mol. The smallest absolute Gasteiger partial charge is 0.122 e. The monoisotopic (exact) mass is 275 g/mol. The van der Waals surface area contributed by atoms with Gasteiger partial charge in [0.05, 0.1) is 6.61 Å². The van der Waals surface area contributed by atoms with Gasteiger partial charge in [0.1, 0.15) is 5.75 Å². The van der Waals surface area contributed by atoms with Crippen molar-refractivity contribution in [3.05, 3.63) is 29.3 Å². The van der Waals surface area contributed by atoms with Gasteiger partial charge in [0.2, 0.25) is 0 Å². The number of benzene rings is 1. The Labute approximate surface area is 123 Å². The highest BCUT2D eigenvalue weighted by atomic mass is 16.5. The molecule has 1 atom stereocenters. The second kappa shape index (κ2) is 8.31. The van der Waals surface area contributed by atoms with Crippen molar-refractivity contribution < 1.29 is 4.74 Å². The first kappa shape index (κ1) is 15.4. The van der Waals surface area contributed by atoms with Crippen LogP contribution in [-0.4, -0.2) is 13.2 Å². The van der Waals surface area contributed by atoms with Gasteiger partial charge in [-0.1, -0.05) is 51.7 Å². The molecule has 112 valence electrons. The lowest BCUT2D eigenvalue weighted by Gasteiger charge is -2.19. The van der Waals surface area contributed by atoms with Crippen LogP contribution in [0, 0.1) is 0 Å². The summed E-state index contributed by atoms with van der Waals surface area (Å²) in [6.45, 7) is 6.46. The molecule has 1 heterocycles. The lowest BCUT2D eigenvalue weighted by Crippen LogP contribution is -2.22. The summed E-state index contributed by atoms with van der Waals surface area (Å²) in [6.07, 6.45) is 8.86. The molecule has 1 aromatic carbocycles. The first-order valence-corrected chi connectivity index (χ1v) is 8.34. The molecular weight excluding hydrogens is 246 g/mol. The summed E-state index contributed by atoms with van der Waals surface area (Å²) in [6, 6.07) is 7.27. The molecule has 1 aliphatic heterocycles. The van der Waals surface area contributed by atoms with Gasteiger partial charge in [0.15, 0.2) is 0 Å². The quantitative estimate of drug-likeness (QED) is 0.663. The normalized spacial score (nSPS) is 14.9. The van der Waals surface area contributed by atoms with E-state index in [2.05, 4.69) is 37.4 Å². The number of nitrogens with one attached hydrogen (secondary N) is 1. The Morgan fingerprint density at radius 2 is 2.05 bits per heavy atom. The van der Waals surface area contributed by atoms with Crippen LogP contribution in [-0.2, 0) is 6.42 Å². The lowest BCUT2D eigenvalue weighted by molar-refractivity contribution is 0.356. The summed E-state index contributed by atoms with van der Waals surface area (Å²) < 4.78 is 5.61. The van der Waals surface area contributed by atoms with Crippen LogP contribution in [0.25, 0.3) is 0 Å². The molecule has 1 unspecified atom stereocenters. The zero-order chi connectivity index (χ0) is 14.2. The van der Waals surface area contributed by atoms with E-state index < -0.39 is 0 Å². The van der Waals surface area contributed by atoms with Gasteiger partial charge in [-0.15, -0.1) is 0 Å². The summed E-state index contributed by atoms with van der Waals surface area (Å²) in [5.74, 6) is 1.09. The van der Waals surface area contributed by atoms with Crippen LogP contribution in [0.3, 0.4) is 0 Å². The number of ether oxygens (including phenoxy) is 1. The van der Waals surface area contributed by atoms with E-state index >= 15 is 0 Å². The highest BCUT2D eigenvalue weighted by molar-refractivity contribution is 5.40. The Hall–Kier alpha value is -1.02. The van der Waals surface area contributed by atoms with Crippen molar-refractivity contribution in [1.29, 1.82) is 0 Å². The highest BCUT2D eigenvalue weighted by Gasteiger charge is 2.16. The number of unbranched alkanes of at least 4 members (excludes halogenated alkanes) is 3. The van der Waals surface area contributed by atoms with Crippen molar-refractivity contribution in [1.82, 2.24) is 5.32 Å². The minimum atomic E-state index is 0.512. The molecule has 0 saturated carbocycles. The topological polar surface area (TPSA) is 21.3 Å². The molecule has 1 aliphatic rings. The first-order chi connectivity index (χ1) is 9.85. The van der Waals surface area contributed by atoms with Gasteiger partial charge >= 0.3 is 0 Å². The third-order valence-electron chi connectivity index (χ3n) is 4.10. The Bertz CT molecular complexity index is 402. The molecule has 0 bridgehead atoms. The third kappa shape index (κ3) is 4.24. The maximum Gasteiger partial charge on any atom is 0.122 e. The summed E-state index contributed by atoms with van der Waals surface area (Å²) in [5.41, 5.74) is 2.83. The molecule has 0 saturated heterocycles. The molecule has 2 rings (SSSR count). The van der Waals surface area contributed by atoms with Gasteiger partial charge in [-0.25, -0.2) is 0 Å². The van der Waals surface area contributed by atoms with Gasteiger partial charge < -0.3 is 10.1 Å². The maximum absolute atomic E-state index is 5.61. The van der Waals surface area contributed by atoms with Gasteiger partial charge in [-0.2, -0.15) is 0 Å². The van der Waals surface area contributed by atoms with Crippen LogP contribution >= 0.6 is 0 Å². The molecule has 2 heteroatoms. The Balaban J connectivity index is 1.97. The largest absolute Gasteiger partial charge is 0.493 e. The number of fused-ring (bicyclic) bond motifs is 1. The van der Waals surface area contributed by atoms with Crippen molar-refractivity contribution >= 4 is 0 Å². The van der Waals surface area contributed by atoms with Crippen molar-refractivity contribution in [3.8, 4) is 5.75 Å². The van der Waals surface area contributed by atoms with Crippen LogP contribution in [0.15, 0.2) is 18.2 Å². The molecule has 0 aromatic heterocycles. The minimum Gasteiger partial charge on any atom is -0.493 e. The third-order valence-corrected chi connectivity index (χ3v) is 4.10. The average molecular weight is 275 g/mol. The molecule has 0 aliphatic carbocycles. The van der Waals surface area contributed by atoms with E-state index in [1.54, 1.807) is 0 Å². The zero-order valence-electron chi connectivity index (χ0n) is 13.1. The van der Waals surface area contributed by atoms with Gasteiger partial charge in [-0.05, 0) is 36.6 Å². The van der Waals surface area contributed by atoms with Crippen molar-refractivity contribution in [3.63, 3.8) is 0 Å². The lowest BCUT2D eigenvalue weighted by atomic mass is 9.97. The van der Waals surface area contributed by atoms with Crippen LogP contribution < -0.4 is 10.1 Å². The van der Waals surface area contributed by atoms with Gasteiger partial charge in [0.25, 0.3) is 0 Å². The average Bonchev–Trinajstić information content (AvgIpc) is 2.94. The predicted octanol–water partition coefficient (Wildman–Crippen LogP) is 4.63. The molecule has 0 amide bonds. The minimum absolute atomic E-state index is 0.512. The SMILES string of the molecule is CCCCCCC(NCCC)c1ccc2c(c1)CCO2. The second-order valence-corrected chi connectivity index (χ2v) is 5.82. The van der Waals surface area contributed by atoms with E-state index in [4.69, 9.17) is 4.74 Å². The van der Waals surface area contributed by atoms with E-state index in [0.29, 0.717) is 6.04 Å². The van der Waals surface area contributed by atoms with E-state index in [0.717, 1.165) is 25.3 Å². The van der Waals surface area contributed by atoms with Gasteiger partial charge in [0, 0.05) is 12.5 Å². The number of hydrogen-bond donors (Lipinski definition) is 1. The fourth-order valence-corrected chi connectivity index (χ4v) is 2.90. The standard InChI is InChI=1S/C18H29NO/c1-3-5-6-7-8-17(19-12-4-2)15-9-10-18-16(14-15)11-13-20-18/h9-10,14,17,19H,3-8,11-13H2,1-2H3. The fraction of sp³-hybridized carbons (Fsp3) is 0.667. The molecule has 1 aromatic rings. The van der Waals surface area contributed by atoms with E-state index in [1.165, 1.54) is 49.7 Å². The Morgan fingerprint density at radius 1 is 1.15 bits per heavy atom. The van der Waals surface area contributed by atoms with Gasteiger partial charge in [-0.3, -0.25) is 0 Å².